The summed E-state index contributed by atoms with van der Waals surface area (Å²) in [6.45, 7) is 2.38. The minimum absolute atomic E-state index is 0.307. The van der Waals surface area contributed by atoms with E-state index in [9.17, 15) is 0 Å². The van der Waals surface area contributed by atoms with E-state index in [0.717, 1.165) is 28.1 Å². The van der Waals surface area contributed by atoms with Gasteiger partial charge >= 0.3 is 0 Å². The van der Waals surface area contributed by atoms with Gasteiger partial charge in [-0.3, -0.25) is 0 Å². The highest BCUT2D eigenvalue weighted by Gasteiger charge is 2.12. The summed E-state index contributed by atoms with van der Waals surface area (Å²) in [6.07, 6.45) is 4.12. The number of fused-ring (bicyclic) bond motifs is 1. The summed E-state index contributed by atoms with van der Waals surface area (Å²) >= 11 is 7.71. The van der Waals surface area contributed by atoms with Gasteiger partial charge in [0.05, 0.1) is 10.7 Å². The molecule has 0 spiro atoms. The number of aryl methyl sites for hydroxylation is 1. The van der Waals surface area contributed by atoms with Crippen molar-refractivity contribution in [2.24, 2.45) is 7.05 Å². The molecule has 0 amide bonds. The zero-order chi connectivity index (χ0) is 18.8. The van der Waals surface area contributed by atoms with Crippen LogP contribution in [0.1, 0.15) is 17.1 Å². The first kappa shape index (κ1) is 17.9. The predicted molar refractivity (Wildman–Crippen MR) is 106 cm³/mol. The van der Waals surface area contributed by atoms with Gasteiger partial charge in [0, 0.05) is 25.2 Å². The van der Waals surface area contributed by atoms with E-state index in [1.807, 2.05) is 46.5 Å². The highest BCUT2D eigenvalue weighted by atomic mass is 35.5. The molecule has 0 aliphatic carbocycles. The van der Waals surface area contributed by atoms with Crippen molar-refractivity contribution in [3.8, 4) is 5.75 Å². The summed E-state index contributed by atoms with van der Waals surface area (Å²) in [6, 6.07) is 11.5. The Hall–Kier alpha value is -2.51. The molecule has 0 aliphatic heterocycles. The Kier molecular flexibility index (Phi) is 5.05. The molecule has 1 aromatic carbocycles. The lowest BCUT2D eigenvalue weighted by Crippen LogP contribution is -2.04. The molecule has 27 heavy (non-hydrogen) atoms. The topological polar surface area (TPSA) is 57.2 Å². The van der Waals surface area contributed by atoms with Gasteiger partial charge in [0.25, 0.3) is 0 Å². The molecule has 0 aliphatic rings. The number of aromatic nitrogens is 5. The summed E-state index contributed by atoms with van der Waals surface area (Å²) in [4.78, 5) is 4.64. The van der Waals surface area contributed by atoms with Crippen LogP contribution in [-0.4, -0.2) is 24.1 Å². The Morgan fingerprint density at radius 2 is 1.96 bits per heavy atom. The Labute approximate surface area is 166 Å². The number of para-hydroxylation sites is 1. The van der Waals surface area contributed by atoms with Gasteiger partial charge in [-0.2, -0.15) is 0 Å². The molecule has 3 aromatic heterocycles. The van der Waals surface area contributed by atoms with Gasteiger partial charge in [0.2, 0.25) is 0 Å². The summed E-state index contributed by atoms with van der Waals surface area (Å²) in [5, 5.41) is 9.89. The molecule has 4 aromatic rings. The molecule has 4 rings (SSSR count). The van der Waals surface area contributed by atoms with Crippen LogP contribution in [0.5, 0.6) is 5.75 Å². The molecule has 138 valence electrons. The number of hydrogen-bond donors (Lipinski definition) is 0. The Morgan fingerprint density at radius 1 is 1.11 bits per heavy atom. The van der Waals surface area contributed by atoms with E-state index >= 15 is 0 Å². The third-order valence-corrected chi connectivity index (χ3v) is 5.48. The van der Waals surface area contributed by atoms with E-state index in [1.54, 1.807) is 17.8 Å². The normalized spacial score (nSPS) is 11.2. The lowest BCUT2D eigenvalue weighted by Gasteiger charge is -2.07. The molecule has 0 radical (unpaired) electrons. The maximum Gasteiger partial charge on any atom is 0.191 e. The minimum atomic E-state index is 0.307. The highest BCUT2D eigenvalue weighted by molar-refractivity contribution is 7.98. The second kappa shape index (κ2) is 7.62. The molecule has 6 nitrogen and oxygen atoms in total. The van der Waals surface area contributed by atoms with E-state index in [-0.39, 0.29) is 0 Å². The zero-order valence-corrected chi connectivity index (χ0v) is 16.5. The predicted octanol–water partition coefficient (Wildman–Crippen LogP) is 4.30. The lowest BCUT2D eigenvalue weighted by molar-refractivity contribution is 0.290. The molecule has 3 heterocycles. The second-order valence-electron chi connectivity index (χ2n) is 6.17. The van der Waals surface area contributed by atoms with Crippen LogP contribution >= 0.6 is 23.4 Å². The van der Waals surface area contributed by atoms with Gasteiger partial charge in [-0.15, -0.1) is 10.2 Å². The van der Waals surface area contributed by atoms with Crippen molar-refractivity contribution in [1.82, 2.24) is 24.1 Å². The first-order chi connectivity index (χ1) is 13.1. The van der Waals surface area contributed by atoms with Crippen LogP contribution in [0.2, 0.25) is 5.02 Å². The maximum absolute atomic E-state index is 6.12. The number of rotatable bonds is 6. The van der Waals surface area contributed by atoms with Crippen molar-refractivity contribution in [1.29, 1.82) is 0 Å². The van der Waals surface area contributed by atoms with Gasteiger partial charge in [-0.1, -0.05) is 41.6 Å². The maximum atomic E-state index is 6.12. The van der Waals surface area contributed by atoms with E-state index in [2.05, 4.69) is 34.4 Å². The van der Waals surface area contributed by atoms with Crippen molar-refractivity contribution >= 4 is 29.0 Å². The van der Waals surface area contributed by atoms with E-state index in [4.69, 9.17) is 16.3 Å². The molecule has 8 heteroatoms. The number of halogens is 1. The largest absolute Gasteiger partial charge is 0.484 e. The molecule has 0 saturated carbocycles. The molecule has 0 N–H and O–H groups in total. The Balaban J connectivity index is 1.41. The van der Waals surface area contributed by atoms with Gasteiger partial charge in [0.1, 0.15) is 18.0 Å². The molecule has 0 bridgehead atoms. The van der Waals surface area contributed by atoms with Crippen molar-refractivity contribution in [2.75, 3.05) is 0 Å². The number of hydrogen-bond acceptors (Lipinski definition) is 5. The first-order valence-corrected chi connectivity index (χ1v) is 9.79. The van der Waals surface area contributed by atoms with Gasteiger partial charge in [-0.05, 0) is 30.7 Å². The number of benzene rings is 1. The molecule has 0 fully saturated rings. The number of imidazole rings is 1. The van der Waals surface area contributed by atoms with Crippen LogP contribution in [0.3, 0.4) is 0 Å². The van der Waals surface area contributed by atoms with Crippen molar-refractivity contribution in [2.45, 2.75) is 24.4 Å². The fourth-order valence-corrected chi connectivity index (χ4v) is 3.67. The van der Waals surface area contributed by atoms with E-state index < -0.39 is 0 Å². The third kappa shape index (κ3) is 3.94. The van der Waals surface area contributed by atoms with Crippen LogP contribution in [0.4, 0.5) is 0 Å². The standard InChI is InChI=1S/C19H18ClN5OS/c1-13-7-8-17-21-14(10-25(17)9-13)12-27-19-23-22-18(24(19)2)11-26-16-6-4-3-5-15(16)20/h3-10H,11-12H2,1-2H3. The van der Waals surface area contributed by atoms with Crippen LogP contribution < -0.4 is 4.74 Å². The summed E-state index contributed by atoms with van der Waals surface area (Å²) in [7, 11) is 1.93. The molecule has 0 saturated heterocycles. The first-order valence-electron chi connectivity index (χ1n) is 8.43. The van der Waals surface area contributed by atoms with Crippen LogP contribution in [0.15, 0.2) is 53.9 Å². The van der Waals surface area contributed by atoms with Crippen molar-refractivity contribution in [3.05, 3.63) is 70.9 Å². The fourth-order valence-electron chi connectivity index (χ4n) is 2.66. The average Bonchev–Trinajstić information content (AvgIpc) is 3.22. The quantitative estimate of drug-likeness (QED) is 0.452. The number of pyridine rings is 1. The summed E-state index contributed by atoms with van der Waals surface area (Å²) in [5.74, 6) is 2.09. The zero-order valence-electron chi connectivity index (χ0n) is 15.0. The van der Waals surface area contributed by atoms with Gasteiger partial charge < -0.3 is 13.7 Å². The molecule has 0 unspecified atom stereocenters. The van der Waals surface area contributed by atoms with Gasteiger partial charge in [-0.25, -0.2) is 4.98 Å². The van der Waals surface area contributed by atoms with E-state index in [0.29, 0.717) is 17.4 Å². The molecule has 0 atom stereocenters. The van der Waals surface area contributed by atoms with E-state index in [1.165, 1.54) is 5.56 Å². The van der Waals surface area contributed by atoms with Crippen LogP contribution in [0.25, 0.3) is 5.65 Å². The number of thioether (sulfide) groups is 1. The monoisotopic (exact) mass is 399 g/mol. The van der Waals surface area contributed by atoms with Crippen molar-refractivity contribution in [3.63, 3.8) is 0 Å². The summed E-state index contributed by atoms with van der Waals surface area (Å²) < 4.78 is 9.73. The average molecular weight is 400 g/mol. The van der Waals surface area contributed by atoms with Crippen molar-refractivity contribution < 1.29 is 4.74 Å². The second-order valence-corrected chi connectivity index (χ2v) is 7.52. The Bertz CT molecular complexity index is 1090. The SMILES string of the molecule is Cc1ccc2nc(CSc3nnc(COc4ccccc4Cl)n3C)cn2c1. The molecular formula is C19H18ClN5OS. The van der Waals surface area contributed by atoms with Crippen LogP contribution in [0, 0.1) is 6.92 Å². The van der Waals surface area contributed by atoms with Crippen LogP contribution in [-0.2, 0) is 19.4 Å². The highest BCUT2D eigenvalue weighted by Crippen LogP contribution is 2.25. The third-order valence-electron chi connectivity index (χ3n) is 4.12. The summed E-state index contributed by atoms with van der Waals surface area (Å²) in [5.41, 5.74) is 3.15. The minimum Gasteiger partial charge on any atom is -0.484 e. The molecular weight excluding hydrogens is 382 g/mol. The lowest BCUT2D eigenvalue weighted by atomic mass is 10.3. The van der Waals surface area contributed by atoms with Gasteiger partial charge in [0.15, 0.2) is 11.0 Å². The fraction of sp³-hybridized carbons (Fsp3) is 0.211. The Morgan fingerprint density at radius 3 is 2.81 bits per heavy atom. The number of nitrogens with zero attached hydrogens (tertiary/aromatic N) is 5. The number of ether oxygens (including phenoxy) is 1. The smallest absolute Gasteiger partial charge is 0.191 e.